The van der Waals surface area contributed by atoms with E-state index < -0.39 is 0 Å². The van der Waals surface area contributed by atoms with Gasteiger partial charge in [-0.3, -0.25) is 15.0 Å². The molecule has 0 aliphatic carbocycles. The molecule has 92 valence electrons. The number of likely N-dealkylation sites (N-methyl/N-ethyl adjacent to an activating group) is 1. The van der Waals surface area contributed by atoms with Gasteiger partial charge in [0.1, 0.15) is 0 Å². The van der Waals surface area contributed by atoms with E-state index in [1.54, 1.807) is 18.5 Å². The number of carbonyl (C=O) groups excluding carboxylic acids is 1. The average molecular weight is 235 g/mol. The van der Waals surface area contributed by atoms with Gasteiger partial charge < -0.3 is 5.32 Å². The van der Waals surface area contributed by atoms with Crippen LogP contribution in [0.4, 0.5) is 5.95 Å². The SMILES string of the molecule is CN(CC(=O)Nc1ncccn1)C1CCNC1. The fourth-order valence-corrected chi connectivity index (χ4v) is 1.90. The predicted octanol–water partition coefficient (Wildman–Crippen LogP) is -0.291. The molecule has 1 amide bonds. The smallest absolute Gasteiger partial charge is 0.240 e. The Morgan fingerprint density at radius 3 is 3.00 bits per heavy atom. The van der Waals surface area contributed by atoms with Crippen molar-refractivity contribution in [3.63, 3.8) is 0 Å². The molecule has 0 radical (unpaired) electrons. The lowest BCUT2D eigenvalue weighted by Crippen LogP contribution is -2.39. The number of rotatable bonds is 4. The average Bonchev–Trinajstić information content (AvgIpc) is 2.83. The molecule has 1 saturated heterocycles. The zero-order chi connectivity index (χ0) is 12.1. The first-order valence-corrected chi connectivity index (χ1v) is 5.73. The van der Waals surface area contributed by atoms with Crippen molar-refractivity contribution in [2.75, 3.05) is 32.0 Å². The number of anilines is 1. The molecule has 1 aromatic heterocycles. The van der Waals surface area contributed by atoms with Crippen LogP contribution in [0.3, 0.4) is 0 Å². The number of aromatic nitrogens is 2. The van der Waals surface area contributed by atoms with E-state index in [4.69, 9.17) is 0 Å². The van der Waals surface area contributed by atoms with Gasteiger partial charge in [-0.2, -0.15) is 0 Å². The third-order valence-corrected chi connectivity index (χ3v) is 2.87. The second-order valence-corrected chi connectivity index (χ2v) is 4.18. The summed E-state index contributed by atoms with van der Waals surface area (Å²) >= 11 is 0. The Balaban J connectivity index is 1.80. The molecule has 2 rings (SSSR count). The minimum absolute atomic E-state index is 0.0781. The van der Waals surface area contributed by atoms with Crippen LogP contribution in [0.5, 0.6) is 0 Å². The quantitative estimate of drug-likeness (QED) is 0.750. The first-order chi connectivity index (χ1) is 8.25. The number of nitrogens with zero attached hydrogens (tertiary/aromatic N) is 3. The maximum atomic E-state index is 11.7. The zero-order valence-corrected chi connectivity index (χ0v) is 9.89. The van der Waals surface area contributed by atoms with Gasteiger partial charge in [0.15, 0.2) is 0 Å². The largest absolute Gasteiger partial charge is 0.315 e. The van der Waals surface area contributed by atoms with Crippen molar-refractivity contribution in [2.45, 2.75) is 12.5 Å². The number of nitrogens with one attached hydrogen (secondary N) is 2. The normalized spacial score (nSPS) is 19.5. The van der Waals surface area contributed by atoms with Crippen molar-refractivity contribution in [3.05, 3.63) is 18.5 Å². The molecule has 6 nitrogen and oxygen atoms in total. The number of carbonyl (C=O) groups is 1. The first-order valence-electron chi connectivity index (χ1n) is 5.73. The first kappa shape index (κ1) is 11.9. The number of hydrogen-bond donors (Lipinski definition) is 2. The Kier molecular flexibility index (Phi) is 4.00. The van der Waals surface area contributed by atoms with E-state index in [0.717, 1.165) is 19.5 Å². The maximum Gasteiger partial charge on any atom is 0.240 e. The van der Waals surface area contributed by atoms with Crippen LogP contribution in [0.2, 0.25) is 0 Å². The van der Waals surface area contributed by atoms with Gasteiger partial charge in [0.2, 0.25) is 11.9 Å². The van der Waals surface area contributed by atoms with E-state index in [1.165, 1.54) is 0 Å². The third-order valence-electron chi connectivity index (χ3n) is 2.87. The van der Waals surface area contributed by atoms with Gasteiger partial charge in [-0.1, -0.05) is 0 Å². The van der Waals surface area contributed by atoms with Crippen LogP contribution in [-0.4, -0.2) is 53.5 Å². The van der Waals surface area contributed by atoms with E-state index in [2.05, 4.69) is 25.5 Å². The minimum atomic E-state index is -0.0781. The van der Waals surface area contributed by atoms with E-state index in [-0.39, 0.29) is 5.91 Å². The summed E-state index contributed by atoms with van der Waals surface area (Å²) in [5.41, 5.74) is 0. The molecule has 1 aliphatic rings. The van der Waals surface area contributed by atoms with Crippen molar-refractivity contribution in [1.29, 1.82) is 0 Å². The molecule has 1 fully saturated rings. The standard InChI is InChI=1S/C11H17N5O/c1-16(9-3-6-12-7-9)8-10(17)15-11-13-4-2-5-14-11/h2,4-5,9,12H,3,6-8H2,1H3,(H,13,14,15,17). The van der Waals surface area contributed by atoms with E-state index in [9.17, 15) is 4.79 Å². The van der Waals surface area contributed by atoms with Crippen molar-refractivity contribution in [1.82, 2.24) is 20.2 Å². The van der Waals surface area contributed by atoms with Crippen molar-refractivity contribution >= 4 is 11.9 Å². The second kappa shape index (κ2) is 5.70. The van der Waals surface area contributed by atoms with Crippen LogP contribution in [-0.2, 0) is 4.79 Å². The van der Waals surface area contributed by atoms with E-state index >= 15 is 0 Å². The Morgan fingerprint density at radius 2 is 2.35 bits per heavy atom. The highest BCUT2D eigenvalue weighted by Gasteiger charge is 2.20. The van der Waals surface area contributed by atoms with Gasteiger partial charge in [0, 0.05) is 25.0 Å². The Labute approximate surface area is 100 Å². The van der Waals surface area contributed by atoms with Crippen LogP contribution in [0, 0.1) is 0 Å². The topological polar surface area (TPSA) is 70.2 Å². The predicted molar refractivity (Wildman–Crippen MR) is 64.6 cm³/mol. The van der Waals surface area contributed by atoms with Gasteiger partial charge in [-0.05, 0) is 26.1 Å². The Bertz CT molecular complexity index is 363. The molecule has 0 spiro atoms. The summed E-state index contributed by atoms with van der Waals surface area (Å²) in [6.07, 6.45) is 4.30. The summed E-state index contributed by atoms with van der Waals surface area (Å²) in [4.78, 5) is 21.7. The summed E-state index contributed by atoms with van der Waals surface area (Å²) in [5, 5.41) is 5.95. The van der Waals surface area contributed by atoms with Gasteiger partial charge in [0.05, 0.1) is 6.54 Å². The summed E-state index contributed by atoms with van der Waals surface area (Å²) < 4.78 is 0. The molecular weight excluding hydrogens is 218 g/mol. The summed E-state index contributed by atoms with van der Waals surface area (Å²) in [6.45, 7) is 2.34. The van der Waals surface area contributed by atoms with Crippen LogP contribution < -0.4 is 10.6 Å². The zero-order valence-electron chi connectivity index (χ0n) is 9.89. The van der Waals surface area contributed by atoms with E-state index in [1.807, 2.05) is 7.05 Å². The molecule has 1 aliphatic heterocycles. The van der Waals surface area contributed by atoms with Gasteiger partial charge >= 0.3 is 0 Å². The maximum absolute atomic E-state index is 11.7. The third kappa shape index (κ3) is 3.47. The highest BCUT2D eigenvalue weighted by molar-refractivity contribution is 5.90. The monoisotopic (exact) mass is 235 g/mol. The molecule has 1 unspecified atom stereocenters. The second-order valence-electron chi connectivity index (χ2n) is 4.18. The van der Waals surface area contributed by atoms with Crippen LogP contribution in [0.1, 0.15) is 6.42 Å². The lowest BCUT2D eigenvalue weighted by molar-refractivity contribution is -0.117. The highest BCUT2D eigenvalue weighted by Crippen LogP contribution is 2.05. The molecule has 2 heterocycles. The molecular formula is C11H17N5O. The van der Waals surface area contributed by atoms with Gasteiger partial charge in [-0.15, -0.1) is 0 Å². The molecule has 1 aromatic rings. The molecule has 1 atom stereocenters. The van der Waals surface area contributed by atoms with Crippen LogP contribution in [0.15, 0.2) is 18.5 Å². The summed E-state index contributed by atoms with van der Waals surface area (Å²) in [6, 6.07) is 2.16. The number of amides is 1. The van der Waals surface area contributed by atoms with E-state index in [0.29, 0.717) is 18.5 Å². The Morgan fingerprint density at radius 1 is 1.59 bits per heavy atom. The number of hydrogen-bond acceptors (Lipinski definition) is 5. The lowest BCUT2D eigenvalue weighted by atomic mass is 10.2. The molecule has 0 aromatic carbocycles. The molecule has 0 bridgehead atoms. The Hall–Kier alpha value is -1.53. The fraction of sp³-hybridized carbons (Fsp3) is 0.545. The highest BCUT2D eigenvalue weighted by atomic mass is 16.2. The summed E-state index contributed by atoms with van der Waals surface area (Å²) in [5.74, 6) is 0.279. The van der Waals surface area contributed by atoms with Gasteiger partial charge in [0.25, 0.3) is 0 Å². The molecule has 17 heavy (non-hydrogen) atoms. The minimum Gasteiger partial charge on any atom is -0.315 e. The van der Waals surface area contributed by atoms with Crippen molar-refractivity contribution in [2.24, 2.45) is 0 Å². The lowest BCUT2D eigenvalue weighted by Gasteiger charge is -2.22. The summed E-state index contributed by atoms with van der Waals surface area (Å²) in [7, 11) is 1.96. The van der Waals surface area contributed by atoms with Gasteiger partial charge in [-0.25, -0.2) is 9.97 Å². The van der Waals surface area contributed by atoms with Crippen LogP contribution >= 0.6 is 0 Å². The molecule has 2 N–H and O–H groups in total. The van der Waals surface area contributed by atoms with Crippen LogP contribution in [0.25, 0.3) is 0 Å². The fourth-order valence-electron chi connectivity index (χ4n) is 1.90. The molecule has 6 heteroatoms. The molecule has 0 saturated carbocycles. The van der Waals surface area contributed by atoms with Crippen molar-refractivity contribution in [3.8, 4) is 0 Å². The van der Waals surface area contributed by atoms with Crippen molar-refractivity contribution < 1.29 is 4.79 Å².